The first-order valence-corrected chi connectivity index (χ1v) is 9.36. The van der Waals surface area contributed by atoms with Gasteiger partial charge in [-0.25, -0.2) is 4.79 Å². The molecule has 14 heavy (non-hydrogen) atoms. The van der Waals surface area contributed by atoms with Crippen molar-refractivity contribution in [3.8, 4) is 0 Å². The van der Waals surface area contributed by atoms with Gasteiger partial charge in [0, 0.05) is 6.08 Å². The molecule has 0 aliphatic carbocycles. The van der Waals surface area contributed by atoms with E-state index in [1.54, 1.807) is 0 Å². The van der Waals surface area contributed by atoms with Crippen molar-refractivity contribution in [1.82, 2.24) is 0 Å². The van der Waals surface area contributed by atoms with E-state index in [-0.39, 0.29) is 5.97 Å². The van der Waals surface area contributed by atoms with Gasteiger partial charge < -0.3 is 4.74 Å². The predicted molar refractivity (Wildman–Crippen MR) is 63.1 cm³/mol. The van der Waals surface area contributed by atoms with E-state index in [1.165, 1.54) is 6.08 Å². The first-order valence-electron chi connectivity index (χ1n) is 4.63. The van der Waals surface area contributed by atoms with Crippen molar-refractivity contribution in [2.45, 2.75) is 31.9 Å². The minimum Gasteiger partial charge on any atom is -0.463 e. The molecule has 0 N–H and O–H groups in total. The van der Waals surface area contributed by atoms with Gasteiger partial charge in [0.25, 0.3) is 0 Å². The number of unbranched alkanes of at least 4 members (excludes halogenated alkanes) is 2. The van der Waals surface area contributed by atoms with E-state index in [0.29, 0.717) is 6.61 Å². The van der Waals surface area contributed by atoms with E-state index in [4.69, 9.17) is 26.9 Å². The van der Waals surface area contributed by atoms with Crippen LogP contribution in [-0.4, -0.2) is 19.3 Å². The summed E-state index contributed by atoms with van der Waals surface area (Å²) in [7, 11) is 0. The number of carbonyl (C=O) groups is 1. The summed E-state index contributed by atoms with van der Waals surface area (Å²) in [5, 5.41) is 0. The molecule has 0 aromatic rings. The predicted octanol–water partition coefficient (Wildman–Crippen LogP) is 3.44. The quantitative estimate of drug-likeness (QED) is 0.229. The molecule has 0 saturated carbocycles. The third-order valence-electron chi connectivity index (χ3n) is 1.67. The third kappa shape index (κ3) is 10.1. The lowest BCUT2D eigenvalue weighted by Gasteiger charge is -2.08. The molecule has 5 heteroatoms. The molecule has 0 radical (unpaired) electrons. The molecule has 0 heterocycles. The Balaban J connectivity index is 3.22. The fraction of sp³-hybridized carbons (Fsp3) is 0.667. The Morgan fingerprint density at radius 1 is 1.43 bits per heavy atom. The number of esters is 1. The van der Waals surface area contributed by atoms with Gasteiger partial charge in [-0.05, 0) is 19.0 Å². The summed E-state index contributed by atoms with van der Waals surface area (Å²) in [5.41, 5.74) is 0. The highest BCUT2D eigenvalue weighted by Gasteiger charge is 2.19. The van der Waals surface area contributed by atoms with E-state index in [0.717, 1.165) is 25.3 Å². The topological polar surface area (TPSA) is 26.3 Å². The Kier molecular flexibility index (Phi) is 7.32. The number of hydrogen-bond acceptors (Lipinski definition) is 2. The lowest BCUT2D eigenvalue weighted by Crippen LogP contribution is -2.11. The number of halogens is 2. The molecule has 2 nitrogen and oxygen atoms in total. The van der Waals surface area contributed by atoms with Crippen LogP contribution in [0, 0.1) is 0 Å². The molecule has 0 amide bonds. The molecular formula is C9H16Cl2O2Si. The molecule has 0 saturated heterocycles. The second kappa shape index (κ2) is 7.32. The smallest absolute Gasteiger partial charge is 0.330 e. The summed E-state index contributed by atoms with van der Waals surface area (Å²) in [6.45, 7) is 3.74. The van der Waals surface area contributed by atoms with Gasteiger partial charge in [-0.15, -0.1) is 22.2 Å². The lowest BCUT2D eigenvalue weighted by atomic mass is 10.3. The van der Waals surface area contributed by atoms with E-state index in [1.807, 2.05) is 6.55 Å². The zero-order valence-corrected chi connectivity index (χ0v) is 10.9. The normalized spacial score (nSPS) is 11.1. The van der Waals surface area contributed by atoms with Crippen LogP contribution in [-0.2, 0) is 9.53 Å². The molecular weight excluding hydrogens is 239 g/mol. The molecule has 0 aliphatic rings. The second-order valence-corrected chi connectivity index (χ2v) is 11.5. The van der Waals surface area contributed by atoms with Crippen molar-refractivity contribution in [3.05, 3.63) is 12.7 Å². The van der Waals surface area contributed by atoms with E-state index in [2.05, 4.69) is 6.58 Å². The molecule has 0 atom stereocenters. The van der Waals surface area contributed by atoms with Crippen molar-refractivity contribution in [3.63, 3.8) is 0 Å². The van der Waals surface area contributed by atoms with Crippen LogP contribution >= 0.6 is 22.2 Å². The van der Waals surface area contributed by atoms with Crippen LogP contribution in [0.25, 0.3) is 0 Å². The monoisotopic (exact) mass is 254 g/mol. The summed E-state index contributed by atoms with van der Waals surface area (Å²) in [5.74, 6) is -0.362. The van der Waals surface area contributed by atoms with Gasteiger partial charge in [-0.3, -0.25) is 0 Å². The standard InChI is InChI=1S/C9H16Cl2O2Si/c1-3-9(12)13-7-5-4-6-8-14(2,10)11/h3H,1,4-8H2,2H3. The highest BCUT2D eigenvalue weighted by atomic mass is 35.7. The average Bonchev–Trinajstić information content (AvgIpc) is 2.08. The zero-order chi connectivity index (χ0) is 11.0. The minimum atomic E-state index is -1.93. The summed E-state index contributed by atoms with van der Waals surface area (Å²) in [4.78, 5) is 10.6. The van der Waals surface area contributed by atoms with Crippen LogP contribution < -0.4 is 0 Å². The lowest BCUT2D eigenvalue weighted by molar-refractivity contribution is -0.137. The zero-order valence-electron chi connectivity index (χ0n) is 8.39. The van der Waals surface area contributed by atoms with Gasteiger partial charge in [0.1, 0.15) is 0 Å². The Morgan fingerprint density at radius 2 is 2.07 bits per heavy atom. The Hall–Kier alpha value is 0.00688. The third-order valence-corrected chi connectivity index (χ3v) is 4.04. The summed E-state index contributed by atoms with van der Waals surface area (Å²) in [6, 6.07) is 0.894. The van der Waals surface area contributed by atoms with Crippen LogP contribution in [0.4, 0.5) is 0 Å². The van der Waals surface area contributed by atoms with Crippen LogP contribution in [0.5, 0.6) is 0 Å². The largest absolute Gasteiger partial charge is 0.463 e. The molecule has 0 aromatic carbocycles. The van der Waals surface area contributed by atoms with Crippen LogP contribution in [0.15, 0.2) is 12.7 Å². The molecule has 0 aliphatic heterocycles. The van der Waals surface area contributed by atoms with E-state index in [9.17, 15) is 4.79 Å². The van der Waals surface area contributed by atoms with Gasteiger partial charge >= 0.3 is 5.97 Å². The fourth-order valence-electron chi connectivity index (χ4n) is 0.946. The molecule has 0 bridgehead atoms. The van der Waals surface area contributed by atoms with Gasteiger partial charge in [0.2, 0.25) is 6.69 Å². The number of rotatable bonds is 7. The average molecular weight is 255 g/mol. The van der Waals surface area contributed by atoms with Crippen molar-refractivity contribution >= 4 is 34.8 Å². The molecule has 82 valence electrons. The maximum atomic E-state index is 10.6. The first kappa shape index (κ1) is 14.0. The van der Waals surface area contributed by atoms with E-state index >= 15 is 0 Å². The van der Waals surface area contributed by atoms with Gasteiger partial charge in [0.05, 0.1) is 6.61 Å². The van der Waals surface area contributed by atoms with Crippen LogP contribution in [0.1, 0.15) is 19.3 Å². The number of ether oxygens (including phenoxy) is 1. The first-order chi connectivity index (χ1) is 6.45. The fourth-order valence-corrected chi connectivity index (χ4v) is 2.62. The van der Waals surface area contributed by atoms with Crippen molar-refractivity contribution in [1.29, 1.82) is 0 Å². The Morgan fingerprint density at radius 3 is 2.57 bits per heavy atom. The minimum absolute atomic E-state index is 0.362. The summed E-state index contributed by atoms with van der Waals surface area (Å²) >= 11 is 11.8. The molecule has 0 spiro atoms. The van der Waals surface area contributed by atoms with Crippen LogP contribution in [0.3, 0.4) is 0 Å². The molecule has 0 rings (SSSR count). The molecule has 0 aromatic heterocycles. The number of carbonyl (C=O) groups excluding carboxylic acids is 1. The van der Waals surface area contributed by atoms with E-state index < -0.39 is 6.69 Å². The summed E-state index contributed by atoms with van der Waals surface area (Å²) in [6.07, 6.45) is 4.02. The Bertz CT molecular complexity index is 190. The van der Waals surface area contributed by atoms with Crippen molar-refractivity contribution < 1.29 is 9.53 Å². The molecule has 0 fully saturated rings. The highest BCUT2D eigenvalue weighted by molar-refractivity contribution is 7.44. The van der Waals surface area contributed by atoms with Gasteiger partial charge in [-0.1, -0.05) is 19.4 Å². The SMILES string of the molecule is C=CC(=O)OCCCCC[Si](C)(Cl)Cl. The van der Waals surface area contributed by atoms with Crippen molar-refractivity contribution in [2.75, 3.05) is 6.61 Å². The highest BCUT2D eigenvalue weighted by Crippen LogP contribution is 2.22. The number of hydrogen-bond donors (Lipinski definition) is 0. The van der Waals surface area contributed by atoms with Crippen molar-refractivity contribution in [2.24, 2.45) is 0 Å². The summed E-state index contributed by atoms with van der Waals surface area (Å²) < 4.78 is 4.81. The molecule has 0 unspecified atom stereocenters. The van der Waals surface area contributed by atoms with Gasteiger partial charge in [-0.2, -0.15) is 0 Å². The second-order valence-electron chi connectivity index (χ2n) is 3.25. The Labute approximate surface area is 95.6 Å². The van der Waals surface area contributed by atoms with Gasteiger partial charge in [0.15, 0.2) is 0 Å². The van der Waals surface area contributed by atoms with Crippen LogP contribution in [0.2, 0.25) is 12.6 Å². The maximum absolute atomic E-state index is 10.6. The maximum Gasteiger partial charge on any atom is 0.330 e.